The standard InChI is InChI=1S/C15H26N2O3S/c1-17(2)21(18,19)15-10-9-14(20-15)12-16-11-5-8-13-6-3-4-7-13/h9-10,13,16H,3-8,11-12H2,1-2H3. The van der Waals surface area contributed by atoms with Gasteiger partial charge in [0.1, 0.15) is 5.76 Å². The zero-order valence-electron chi connectivity index (χ0n) is 13.0. The molecule has 0 spiro atoms. The molecule has 1 aliphatic carbocycles. The van der Waals surface area contributed by atoms with Crippen LogP contribution in [0.25, 0.3) is 0 Å². The van der Waals surface area contributed by atoms with Crippen LogP contribution in [0.5, 0.6) is 0 Å². The Balaban J connectivity index is 1.70. The van der Waals surface area contributed by atoms with Gasteiger partial charge in [0.05, 0.1) is 6.54 Å². The lowest BCUT2D eigenvalue weighted by molar-refractivity contribution is 0.386. The van der Waals surface area contributed by atoms with Crippen LogP contribution in [-0.4, -0.2) is 33.4 Å². The SMILES string of the molecule is CN(C)S(=O)(=O)c1ccc(CNCCCC2CCCC2)o1. The predicted octanol–water partition coefficient (Wildman–Crippen LogP) is 2.59. The van der Waals surface area contributed by atoms with Gasteiger partial charge in [0.25, 0.3) is 10.0 Å². The number of nitrogens with one attached hydrogen (secondary N) is 1. The van der Waals surface area contributed by atoms with Crippen LogP contribution in [0.2, 0.25) is 0 Å². The van der Waals surface area contributed by atoms with Gasteiger partial charge in [-0.05, 0) is 37.4 Å². The van der Waals surface area contributed by atoms with E-state index in [9.17, 15) is 8.42 Å². The number of rotatable bonds is 8. The molecule has 1 heterocycles. The van der Waals surface area contributed by atoms with Crippen LogP contribution in [0.4, 0.5) is 0 Å². The van der Waals surface area contributed by atoms with Crippen molar-refractivity contribution < 1.29 is 12.8 Å². The maximum Gasteiger partial charge on any atom is 0.275 e. The molecule has 0 aliphatic heterocycles. The summed E-state index contributed by atoms with van der Waals surface area (Å²) in [5, 5.41) is 3.33. The van der Waals surface area contributed by atoms with Gasteiger partial charge in [0.2, 0.25) is 5.09 Å². The Bertz CT molecular complexity index is 531. The maximum absolute atomic E-state index is 11.9. The smallest absolute Gasteiger partial charge is 0.275 e. The van der Waals surface area contributed by atoms with E-state index in [1.807, 2.05) is 0 Å². The monoisotopic (exact) mass is 314 g/mol. The van der Waals surface area contributed by atoms with Gasteiger partial charge in [0.15, 0.2) is 0 Å². The highest BCUT2D eigenvalue weighted by molar-refractivity contribution is 7.88. The summed E-state index contributed by atoms with van der Waals surface area (Å²) in [4.78, 5) is 0. The number of furan rings is 1. The van der Waals surface area contributed by atoms with E-state index in [4.69, 9.17) is 4.42 Å². The van der Waals surface area contributed by atoms with Crippen molar-refractivity contribution in [1.29, 1.82) is 0 Å². The minimum absolute atomic E-state index is 0.00950. The number of hydrogen-bond acceptors (Lipinski definition) is 4. The Kier molecular flexibility index (Phi) is 5.84. The fourth-order valence-electron chi connectivity index (χ4n) is 2.80. The lowest BCUT2D eigenvalue weighted by atomic mass is 10.0. The molecular formula is C15H26N2O3S. The van der Waals surface area contributed by atoms with Crippen LogP contribution in [0.1, 0.15) is 44.3 Å². The molecule has 0 radical (unpaired) electrons. The third-order valence-corrected chi connectivity index (χ3v) is 5.80. The predicted molar refractivity (Wildman–Crippen MR) is 82.5 cm³/mol. The molecule has 1 saturated carbocycles. The summed E-state index contributed by atoms with van der Waals surface area (Å²) in [7, 11) is -0.466. The Morgan fingerprint density at radius 1 is 1.29 bits per heavy atom. The molecule has 0 saturated heterocycles. The first-order chi connectivity index (χ1) is 10.00. The second-order valence-corrected chi connectivity index (χ2v) is 8.06. The molecular weight excluding hydrogens is 288 g/mol. The fourth-order valence-corrected chi connectivity index (χ4v) is 3.61. The van der Waals surface area contributed by atoms with Crippen molar-refractivity contribution in [3.05, 3.63) is 17.9 Å². The highest BCUT2D eigenvalue weighted by atomic mass is 32.2. The van der Waals surface area contributed by atoms with Gasteiger partial charge in [-0.2, -0.15) is 0 Å². The van der Waals surface area contributed by atoms with Crippen LogP contribution < -0.4 is 5.32 Å². The molecule has 21 heavy (non-hydrogen) atoms. The summed E-state index contributed by atoms with van der Waals surface area (Å²) in [6.07, 6.45) is 8.05. The lowest BCUT2D eigenvalue weighted by Crippen LogP contribution is -2.21. The van der Waals surface area contributed by atoms with Crippen LogP contribution >= 0.6 is 0 Å². The van der Waals surface area contributed by atoms with Crippen molar-refractivity contribution in [3.63, 3.8) is 0 Å². The Morgan fingerprint density at radius 3 is 2.67 bits per heavy atom. The minimum atomic E-state index is -3.46. The van der Waals surface area contributed by atoms with Crippen LogP contribution in [-0.2, 0) is 16.6 Å². The highest BCUT2D eigenvalue weighted by Crippen LogP contribution is 2.28. The largest absolute Gasteiger partial charge is 0.447 e. The summed E-state index contributed by atoms with van der Waals surface area (Å²) < 4.78 is 30.3. The van der Waals surface area contributed by atoms with Crippen LogP contribution in [0, 0.1) is 5.92 Å². The molecule has 1 aromatic rings. The summed E-state index contributed by atoms with van der Waals surface area (Å²) in [6.45, 7) is 1.53. The molecule has 1 aliphatic rings. The third kappa shape index (κ3) is 4.56. The second-order valence-electron chi connectivity index (χ2n) is 5.98. The molecule has 0 amide bonds. The van der Waals surface area contributed by atoms with E-state index in [0.29, 0.717) is 12.3 Å². The van der Waals surface area contributed by atoms with Gasteiger partial charge in [-0.15, -0.1) is 0 Å². The van der Waals surface area contributed by atoms with Crippen molar-refractivity contribution in [2.75, 3.05) is 20.6 Å². The van der Waals surface area contributed by atoms with E-state index in [2.05, 4.69) is 5.32 Å². The molecule has 2 rings (SSSR count). The normalized spacial score (nSPS) is 16.9. The minimum Gasteiger partial charge on any atom is -0.447 e. The molecule has 1 N–H and O–H groups in total. The van der Waals surface area contributed by atoms with Crippen molar-refractivity contribution in [1.82, 2.24) is 9.62 Å². The van der Waals surface area contributed by atoms with Gasteiger partial charge < -0.3 is 9.73 Å². The molecule has 120 valence electrons. The quantitative estimate of drug-likeness (QED) is 0.749. The average molecular weight is 314 g/mol. The average Bonchev–Trinajstić information content (AvgIpc) is 3.09. The topological polar surface area (TPSA) is 62.6 Å². The Morgan fingerprint density at radius 2 is 2.00 bits per heavy atom. The van der Waals surface area contributed by atoms with E-state index < -0.39 is 10.0 Å². The maximum atomic E-state index is 11.9. The van der Waals surface area contributed by atoms with E-state index in [-0.39, 0.29) is 5.09 Å². The van der Waals surface area contributed by atoms with Crippen LogP contribution in [0.15, 0.2) is 21.6 Å². The van der Waals surface area contributed by atoms with E-state index in [1.54, 1.807) is 6.07 Å². The summed E-state index contributed by atoms with van der Waals surface area (Å²) in [5.74, 6) is 1.59. The number of sulfonamides is 1. The molecule has 0 unspecified atom stereocenters. The first kappa shape index (κ1) is 16.5. The summed E-state index contributed by atoms with van der Waals surface area (Å²) >= 11 is 0. The van der Waals surface area contributed by atoms with Gasteiger partial charge in [0, 0.05) is 14.1 Å². The zero-order chi connectivity index (χ0) is 15.3. The summed E-state index contributed by atoms with van der Waals surface area (Å²) in [5.41, 5.74) is 0. The first-order valence-corrected chi connectivity index (χ1v) is 9.16. The molecule has 0 bridgehead atoms. The first-order valence-electron chi connectivity index (χ1n) is 7.72. The van der Waals surface area contributed by atoms with E-state index in [0.717, 1.165) is 16.8 Å². The van der Waals surface area contributed by atoms with E-state index >= 15 is 0 Å². The number of nitrogens with zero attached hydrogens (tertiary/aromatic N) is 1. The zero-order valence-corrected chi connectivity index (χ0v) is 13.8. The van der Waals surface area contributed by atoms with Crippen molar-refractivity contribution in [2.45, 2.75) is 50.2 Å². The second kappa shape index (κ2) is 7.42. The molecule has 5 nitrogen and oxygen atoms in total. The lowest BCUT2D eigenvalue weighted by Gasteiger charge is -2.09. The van der Waals surface area contributed by atoms with Gasteiger partial charge in [-0.3, -0.25) is 0 Å². The Labute approximate surface area is 127 Å². The summed E-state index contributed by atoms with van der Waals surface area (Å²) in [6, 6.07) is 3.24. The molecule has 1 fully saturated rings. The van der Waals surface area contributed by atoms with Crippen molar-refractivity contribution in [2.24, 2.45) is 5.92 Å². The third-order valence-electron chi connectivity index (χ3n) is 4.11. The van der Waals surface area contributed by atoms with Crippen molar-refractivity contribution >= 4 is 10.0 Å². The molecule has 6 heteroatoms. The van der Waals surface area contributed by atoms with Crippen molar-refractivity contribution in [3.8, 4) is 0 Å². The van der Waals surface area contributed by atoms with Gasteiger partial charge >= 0.3 is 0 Å². The Hall–Kier alpha value is -0.850. The fraction of sp³-hybridized carbons (Fsp3) is 0.733. The number of hydrogen-bond donors (Lipinski definition) is 1. The highest BCUT2D eigenvalue weighted by Gasteiger charge is 2.21. The molecule has 0 aromatic carbocycles. The molecule has 0 atom stereocenters. The van der Waals surface area contributed by atoms with Gasteiger partial charge in [-0.25, -0.2) is 12.7 Å². The van der Waals surface area contributed by atoms with Crippen LogP contribution in [0.3, 0.4) is 0 Å². The van der Waals surface area contributed by atoms with Gasteiger partial charge in [-0.1, -0.05) is 25.7 Å². The molecule has 1 aromatic heterocycles. The van der Waals surface area contributed by atoms with E-state index in [1.165, 1.54) is 58.7 Å².